The van der Waals surface area contributed by atoms with Crippen LogP contribution in [0.4, 0.5) is 14.6 Å². The van der Waals surface area contributed by atoms with Gasteiger partial charge in [0.1, 0.15) is 12.4 Å². The number of aliphatic hydroxyl groups excluding tert-OH is 1. The Bertz CT molecular complexity index is 366. The Hall–Kier alpha value is -0.980. The molecule has 0 spiro atoms. The number of pyridine rings is 1. The fraction of sp³-hybridized carbons (Fsp3) is 0.500. The van der Waals surface area contributed by atoms with Gasteiger partial charge in [-0.3, -0.25) is 0 Å². The van der Waals surface area contributed by atoms with Crippen molar-refractivity contribution in [3.05, 3.63) is 22.8 Å². The van der Waals surface area contributed by atoms with Crippen molar-refractivity contribution in [3.63, 3.8) is 0 Å². The molecular weight excluding hydrogens is 254 g/mol. The van der Waals surface area contributed by atoms with Crippen LogP contribution in [0.3, 0.4) is 0 Å². The normalized spacial score (nSPS) is 13.0. The first kappa shape index (κ1) is 14.1. The zero-order valence-electron chi connectivity index (χ0n) is 8.94. The van der Waals surface area contributed by atoms with Crippen LogP contribution in [0, 0.1) is 0 Å². The number of hydrogen-bond donors (Lipinski definition) is 2. The number of nitrogen functional groups attached to an aromatic ring is 1. The van der Waals surface area contributed by atoms with Crippen molar-refractivity contribution in [2.24, 2.45) is 0 Å². The highest BCUT2D eigenvalue weighted by atomic mass is 35.5. The van der Waals surface area contributed by atoms with Crippen LogP contribution in [0.15, 0.2) is 12.3 Å². The molecule has 3 N–H and O–H groups in total. The molecule has 17 heavy (non-hydrogen) atoms. The Kier molecular flexibility index (Phi) is 5.54. The predicted octanol–water partition coefficient (Wildman–Crippen LogP) is 2.02. The number of rotatable bonds is 6. The van der Waals surface area contributed by atoms with Crippen molar-refractivity contribution >= 4 is 17.4 Å². The minimum Gasteiger partial charge on any atom is -0.388 e. The highest BCUT2D eigenvalue weighted by Gasteiger charge is 2.13. The molecule has 1 aromatic rings. The molecule has 0 aliphatic rings. The van der Waals surface area contributed by atoms with Crippen LogP contribution in [-0.4, -0.2) is 29.7 Å². The minimum absolute atomic E-state index is 0.0114. The molecule has 0 aromatic carbocycles. The Balaban J connectivity index is 2.46. The molecule has 1 atom stereocenters. The van der Waals surface area contributed by atoms with Crippen LogP contribution >= 0.6 is 11.6 Å². The van der Waals surface area contributed by atoms with E-state index in [1.807, 2.05) is 0 Å². The molecule has 1 heterocycles. The van der Waals surface area contributed by atoms with Crippen molar-refractivity contribution in [2.45, 2.75) is 19.0 Å². The van der Waals surface area contributed by atoms with E-state index in [1.54, 1.807) is 0 Å². The summed E-state index contributed by atoms with van der Waals surface area (Å²) < 4.78 is 28.2. The fourth-order valence-corrected chi connectivity index (χ4v) is 1.42. The second-order valence-corrected chi connectivity index (χ2v) is 3.83. The monoisotopic (exact) mass is 266 g/mol. The van der Waals surface area contributed by atoms with E-state index in [2.05, 4.69) is 9.72 Å². The lowest BCUT2D eigenvalue weighted by molar-refractivity contribution is 0.00486. The zero-order valence-corrected chi connectivity index (χ0v) is 9.70. The molecule has 0 aliphatic carbocycles. The van der Waals surface area contributed by atoms with Gasteiger partial charge in [0, 0.05) is 24.8 Å². The van der Waals surface area contributed by atoms with Gasteiger partial charge in [-0.25, -0.2) is 13.8 Å². The molecule has 1 unspecified atom stereocenters. The number of nitrogens with two attached hydrogens (primary N) is 1. The maximum absolute atomic E-state index is 11.8. The molecular formula is C10H13ClF2N2O2. The van der Waals surface area contributed by atoms with E-state index in [4.69, 9.17) is 17.3 Å². The zero-order chi connectivity index (χ0) is 12.8. The summed E-state index contributed by atoms with van der Waals surface area (Å²) >= 11 is 5.70. The lowest BCUT2D eigenvalue weighted by Gasteiger charge is -2.13. The number of halogens is 3. The molecule has 4 nitrogen and oxygen atoms in total. The standard InChI is InChI=1S/C10H13ClF2N2O2/c11-6-3-7(10(14)15-4-6)8(16)1-2-17-5-9(12)13/h3-4,8-9,16H,1-2,5H2,(H2,14,15). The molecule has 0 fully saturated rings. The predicted molar refractivity (Wildman–Crippen MR) is 60.1 cm³/mol. The van der Waals surface area contributed by atoms with Crippen molar-refractivity contribution in [1.82, 2.24) is 4.98 Å². The number of alkyl halides is 2. The van der Waals surface area contributed by atoms with Gasteiger partial charge >= 0.3 is 0 Å². The van der Waals surface area contributed by atoms with Crippen LogP contribution in [0.25, 0.3) is 0 Å². The van der Waals surface area contributed by atoms with Crippen LogP contribution in [0.5, 0.6) is 0 Å². The number of aromatic nitrogens is 1. The lowest BCUT2D eigenvalue weighted by Crippen LogP contribution is -2.10. The first-order valence-electron chi connectivity index (χ1n) is 4.95. The van der Waals surface area contributed by atoms with Gasteiger partial charge in [0.2, 0.25) is 0 Å². The van der Waals surface area contributed by atoms with E-state index in [9.17, 15) is 13.9 Å². The largest absolute Gasteiger partial charge is 0.388 e. The quantitative estimate of drug-likeness (QED) is 0.773. The summed E-state index contributed by atoms with van der Waals surface area (Å²) in [4.78, 5) is 3.78. The second kappa shape index (κ2) is 6.68. The maximum atomic E-state index is 11.8. The number of hydrogen-bond acceptors (Lipinski definition) is 4. The molecule has 7 heteroatoms. The fourth-order valence-electron chi connectivity index (χ4n) is 1.26. The second-order valence-electron chi connectivity index (χ2n) is 3.40. The van der Waals surface area contributed by atoms with Gasteiger partial charge < -0.3 is 15.6 Å². The number of ether oxygens (including phenoxy) is 1. The van der Waals surface area contributed by atoms with E-state index in [1.165, 1.54) is 12.3 Å². The van der Waals surface area contributed by atoms with E-state index in [-0.39, 0.29) is 18.8 Å². The maximum Gasteiger partial charge on any atom is 0.261 e. The topological polar surface area (TPSA) is 68.4 Å². The molecule has 0 amide bonds. The summed E-state index contributed by atoms with van der Waals surface area (Å²) in [5.41, 5.74) is 5.93. The van der Waals surface area contributed by atoms with Crippen LogP contribution in [0.2, 0.25) is 5.02 Å². The number of nitrogens with zero attached hydrogens (tertiary/aromatic N) is 1. The van der Waals surface area contributed by atoms with Gasteiger partial charge in [-0.1, -0.05) is 11.6 Å². The van der Waals surface area contributed by atoms with Gasteiger partial charge in [0.05, 0.1) is 11.1 Å². The first-order chi connectivity index (χ1) is 8.00. The first-order valence-corrected chi connectivity index (χ1v) is 5.33. The summed E-state index contributed by atoms with van der Waals surface area (Å²) in [6.45, 7) is -0.631. The highest BCUT2D eigenvalue weighted by Crippen LogP contribution is 2.24. The Morgan fingerprint density at radius 2 is 2.24 bits per heavy atom. The third-order valence-electron chi connectivity index (χ3n) is 2.05. The average molecular weight is 267 g/mol. The average Bonchev–Trinajstić information content (AvgIpc) is 2.27. The Morgan fingerprint density at radius 1 is 1.53 bits per heavy atom. The van der Waals surface area contributed by atoms with Crippen molar-refractivity contribution in [2.75, 3.05) is 18.9 Å². The Morgan fingerprint density at radius 3 is 2.88 bits per heavy atom. The smallest absolute Gasteiger partial charge is 0.261 e. The summed E-state index contributed by atoms with van der Waals surface area (Å²) in [5, 5.41) is 10.1. The van der Waals surface area contributed by atoms with E-state index in [0.29, 0.717) is 10.6 Å². The third kappa shape index (κ3) is 4.80. The lowest BCUT2D eigenvalue weighted by atomic mass is 10.1. The molecule has 0 saturated carbocycles. The molecule has 0 saturated heterocycles. The summed E-state index contributed by atoms with van der Waals surface area (Å²) in [6.07, 6.45) is -1.93. The summed E-state index contributed by atoms with van der Waals surface area (Å²) in [7, 11) is 0. The van der Waals surface area contributed by atoms with Crippen molar-refractivity contribution in [1.29, 1.82) is 0 Å². The van der Waals surface area contributed by atoms with Gasteiger partial charge in [0.15, 0.2) is 0 Å². The molecule has 96 valence electrons. The summed E-state index contributed by atoms with van der Waals surface area (Å²) in [5.74, 6) is 0.163. The van der Waals surface area contributed by atoms with Crippen LogP contribution < -0.4 is 5.73 Å². The molecule has 1 aromatic heterocycles. The van der Waals surface area contributed by atoms with Crippen molar-refractivity contribution in [3.8, 4) is 0 Å². The third-order valence-corrected chi connectivity index (χ3v) is 2.26. The molecule has 0 radical (unpaired) electrons. The van der Waals surface area contributed by atoms with Gasteiger partial charge in [-0.15, -0.1) is 0 Å². The molecule has 1 rings (SSSR count). The SMILES string of the molecule is Nc1ncc(Cl)cc1C(O)CCOCC(F)F. The Labute approximate surface area is 102 Å². The highest BCUT2D eigenvalue weighted by molar-refractivity contribution is 6.30. The van der Waals surface area contributed by atoms with Crippen LogP contribution in [0.1, 0.15) is 18.1 Å². The number of anilines is 1. The van der Waals surface area contributed by atoms with E-state index in [0.717, 1.165) is 0 Å². The van der Waals surface area contributed by atoms with Gasteiger partial charge in [-0.2, -0.15) is 0 Å². The minimum atomic E-state index is -2.51. The molecule has 0 aliphatic heterocycles. The molecule has 0 bridgehead atoms. The van der Waals surface area contributed by atoms with E-state index >= 15 is 0 Å². The number of aliphatic hydroxyl groups is 1. The van der Waals surface area contributed by atoms with E-state index < -0.39 is 19.1 Å². The van der Waals surface area contributed by atoms with Gasteiger partial charge in [0.25, 0.3) is 6.43 Å². The van der Waals surface area contributed by atoms with Gasteiger partial charge in [-0.05, 0) is 6.07 Å². The summed E-state index contributed by atoms with van der Waals surface area (Å²) in [6, 6.07) is 1.49. The van der Waals surface area contributed by atoms with Crippen molar-refractivity contribution < 1.29 is 18.6 Å². The van der Waals surface area contributed by atoms with Crippen LogP contribution in [-0.2, 0) is 4.74 Å².